The van der Waals surface area contributed by atoms with Gasteiger partial charge >= 0.3 is 0 Å². The maximum atomic E-state index is 5.38. The topological polar surface area (TPSA) is 92.8 Å². The monoisotopic (exact) mass is 193 g/mol. The highest BCUT2D eigenvalue weighted by Crippen LogP contribution is 2.16. The fraction of sp³-hybridized carbons (Fsp3) is 0.250. The van der Waals surface area contributed by atoms with E-state index < -0.39 is 0 Å². The van der Waals surface area contributed by atoms with E-state index in [0.717, 1.165) is 5.76 Å². The van der Waals surface area contributed by atoms with Crippen molar-refractivity contribution in [1.82, 2.24) is 15.2 Å². The molecule has 0 unspecified atom stereocenters. The molecular formula is C8H11N5O. The molecule has 4 N–H and O–H groups in total. The first-order valence-corrected chi connectivity index (χ1v) is 4.23. The average molecular weight is 193 g/mol. The lowest BCUT2D eigenvalue weighted by molar-refractivity contribution is 0.489. The third-order valence-electron chi connectivity index (χ3n) is 1.82. The smallest absolute Gasteiger partial charge is 0.244 e. The Bertz CT molecular complexity index is 394. The van der Waals surface area contributed by atoms with Gasteiger partial charge in [-0.25, -0.2) is 5.10 Å². The lowest BCUT2D eigenvalue weighted by Gasteiger charge is -2.08. The minimum absolute atomic E-state index is 0.0141. The number of rotatable bonds is 3. The van der Waals surface area contributed by atoms with Crippen LogP contribution in [0, 0.1) is 0 Å². The summed E-state index contributed by atoms with van der Waals surface area (Å²) in [6, 6.07) is 3.73. The van der Waals surface area contributed by atoms with Gasteiger partial charge in [-0.05, 0) is 19.1 Å². The van der Waals surface area contributed by atoms with Crippen molar-refractivity contribution in [3.05, 3.63) is 24.2 Å². The fourth-order valence-electron chi connectivity index (χ4n) is 1.14. The molecule has 0 saturated heterocycles. The zero-order valence-corrected chi connectivity index (χ0v) is 7.69. The summed E-state index contributed by atoms with van der Waals surface area (Å²) in [5.74, 6) is 1.58. The number of hydrogen-bond acceptors (Lipinski definition) is 5. The molecule has 6 nitrogen and oxygen atoms in total. The maximum Gasteiger partial charge on any atom is 0.244 e. The predicted molar refractivity (Wildman–Crippen MR) is 51.5 cm³/mol. The third-order valence-corrected chi connectivity index (χ3v) is 1.82. The van der Waals surface area contributed by atoms with E-state index in [2.05, 4.69) is 20.5 Å². The molecule has 0 spiro atoms. The minimum Gasteiger partial charge on any atom is -0.467 e. The Kier molecular flexibility index (Phi) is 2.10. The molecule has 0 bridgehead atoms. The quantitative estimate of drug-likeness (QED) is 0.680. The summed E-state index contributed by atoms with van der Waals surface area (Å²) in [5.41, 5.74) is 5.38. The molecule has 0 aliphatic carbocycles. The van der Waals surface area contributed by atoms with Crippen LogP contribution in [0.2, 0.25) is 0 Å². The molecule has 2 aromatic heterocycles. The van der Waals surface area contributed by atoms with E-state index in [4.69, 9.17) is 10.2 Å². The summed E-state index contributed by atoms with van der Waals surface area (Å²) >= 11 is 0. The molecule has 2 rings (SSSR count). The lowest BCUT2D eigenvalue weighted by atomic mass is 10.2. The maximum absolute atomic E-state index is 5.38. The molecule has 0 aliphatic rings. The number of aromatic nitrogens is 3. The van der Waals surface area contributed by atoms with Crippen LogP contribution in [0.1, 0.15) is 18.7 Å². The van der Waals surface area contributed by atoms with Gasteiger partial charge in [0, 0.05) is 0 Å². The van der Waals surface area contributed by atoms with Gasteiger partial charge in [-0.1, -0.05) is 0 Å². The Morgan fingerprint density at radius 2 is 2.50 bits per heavy atom. The van der Waals surface area contributed by atoms with Gasteiger partial charge in [-0.2, -0.15) is 4.98 Å². The summed E-state index contributed by atoms with van der Waals surface area (Å²) in [5, 5.41) is 9.43. The van der Waals surface area contributed by atoms with Crippen molar-refractivity contribution in [2.45, 2.75) is 13.0 Å². The third kappa shape index (κ3) is 1.68. The Balaban J connectivity index is 2.05. The summed E-state index contributed by atoms with van der Waals surface area (Å²) in [6.07, 6.45) is 1.62. The van der Waals surface area contributed by atoms with Crippen LogP contribution in [0.4, 0.5) is 11.9 Å². The summed E-state index contributed by atoms with van der Waals surface area (Å²) in [7, 11) is 0. The van der Waals surface area contributed by atoms with Crippen LogP contribution in [0.5, 0.6) is 0 Å². The molecule has 6 heteroatoms. The van der Waals surface area contributed by atoms with Gasteiger partial charge < -0.3 is 15.5 Å². The van der Waals surface area contributed by atoms with Crippen molar-refractivity contribution >= 4 is 11.9 Å². The van der Waals surface area contributed by atoms with Gasteiger partial charge in [0.1, 0.15) is 5.76 Å². The number of aromatic amines is 1. The molecule has 74 valence electrons. The van der Waals surface area contributed by atoms with Gasteiger partial charge in [-0.3, -0.25) is 0 Å². The van der Waals surface area contributed by atoms with Gasteiger partial charge in [0.25, 0.3) is 0 Å². The number of nitrogens with zero attached hydrogens (tertiary/aromatic N) is 2. The standard InChI is InChI=1S/C8H11N5O/c1-5(6-3-2-4-14-6)10-8-11-7(9)12-13-8/h2-5H,1H3,(H4,9,10,11,12,13)/t5-/m0/s1. The van der Waals surface area contributed by atoms with E-state index in [1.54, 1.807) is 6.26 Å². The second-order valence-corrected chi connectivity index (χ2v) is 2.93. The van der Waals surface area contributed by atoms with Gasteiger partial charge in [0.05, 0.1) is 12.3 Å². The molecular weight excluding hydrogens is 182 g/mol. The lowest BCUT2D eigenvalue weighted by Crippen LogP contribution is -2.06. The van der Waals surface area contributed by atoms with Crippen LogP contribution < -0.4 is 11.1 Å². The molecule has 14 heavy (non-hydrogen) atoms. The van der Waals surface area contributed by atoms with Crippen LogP contribution in [-0.2, 0) is 0 Å². The predicted octanol–water partition coefficient (Wildman–Crippen LogP) is 1.15. The van der Waals surface area contributed by atoms with E-state index in [0.29, 0.717) is 11.9 Å². The fourth-order valence-corrected chi connectivity index (χ4v) is 1.14. The average Bonchev–Trinajstić information content (AvgIpc) is 2.75. The number of hydrogen-bond donors (Lipinski definition) is 3. The van der Waals surface area contributed by atoms with E-state index >= 15 is 0 Å². The molecule has 0 aromatic carbocycles. The highest BCUT2D eigenvalue weighted by molar-refractivity contribution is 5.32. The van der Waals surface area contributed by atoms with Crippen LogP contribution in [0.25, 0.3) is 0 Å². The SMILES string of the molecule is C[C@H](Nc1n[nH]c(N)n1)c1ccco1. The first kappa shape index (κ1) is 8.61. The Hall–Kier alpha value is -1.98. The van der Waals surface area contributed by atoms with E-state index in [1.165, 1.54) is 0 Å². The van der Waals surface area contributed by atoms with Crippen molar-refractivity contribution in [3.63, 3.8) is 0 Å². The van der Waals surface area contributed by atoms with E-state index in [-0.39, 0.29) is 6.04 Å². The van der Waals surface area contributed by atoms with Gasteiger partial charge in [0.15, 0.2) is 0 Å². The molecule has 0 amide bonds. The Labute approximate surface area is 80.5 Å². The van der Waals surface area contributed by atoms with Crippen LogP contribution in [0.3, 0.4) is 0 Å². The first-order chi connectivity index (χ1) is 6.75. The molecule has 0 fully saturated rings. The molecule has 0 radical (unpaired) electrons. The van der Waals surface area contributed by atoms with Crippen molar-refractivity contribution in [2.24, 2.45) is 0 Å². The Morgan fingerprint density at radius 1 is 1.64 bits per heavy atom. The van der Waals surface area contributed by atoms with Crippen molar-refractivity contribution < 1.29 is 4.42 Å². The van der Waals surface area contributed by atoms with Gasteiger partial charge in [0.2, 0.25) is 11.9 Å². The van der Waals surface area contributed by atoms with Crippen LogP contribution in [-0.4, -0.2) is 15.2 Å². The number of furan rings is 1. The van der Waals surface area contributed by atoms with E-state index in [1.807, 2.05) is 19.1 Å². The van der Waals surface area contributed by atoms with E-state index in [9.17, 15) is 0 Å². The largest absolute Gasteiger partial charge is 0.467 e. The highest BCUT2D eigenvalue weighted by Gasteiger charge is 2.09. The number of anilines is 2. The molecule has 0 aliphatic heterocycles. The number of nitrogen functional groups attached to an aromatic ring is 1. The zero-order chi connectivity index (χ0) is 9.97. The summed E-state index contributed by atoms with van der Waals surface area (Å²) in [6.45, 7) is 1.95. The normalized spacial score (nSPS) is 12.6. The number of nitrogens with one attached hydrogen (secondary N) is 2. The van der Waals surface area contributed by atoms with Crippen molar-refractivity contribution in [2.75, 3.05) is 11.1 Å². The Morgan fingerprint density at radius 3 is 3.07 bits per heavy atom. The van der Waals surface area contributed by atoms with Crippen LogP contribution in [0.15, 0.2) is 22.8 Å². The van der Waals surface area contributed by atoms with Gasteiger partial charge in [-0.15, -0.1) is 5.10 Å². The van der Waals surface area contributed by atoms with Crippen LogP contribution >= 0.6 is 0 Å². The molecule has 0 saturated carbocycles. The first-order valence-electron chi connectivity index (χ1n) is 4.23. The number of H-pyrrole nitrogens is 1. The molecule has 2 heterocycles. The number of nitrogens with two attached hydrogens (primary N) is 1. The van der Waals surface area contributed by atoms with Crippen molar-refractivity contribution in [3.8, 4) is 0 Å². The highest BCUT2D eigenvalue weighted by atomic mass is 16.3. The zero-order valence-electron chi connectivity index (χ0n) is 7.69. The second-order valence-electron chi connectivity index (χ2n) is 2.93. The molecule has 1 atom stereocenters. The second kappa shape index (κ2) is 3.41. The molecule has 2 aromatic rings. The van der Waals surface area contributed by atoms with Crippen molar-refractivity contribution in [1.29, 1.82) is 0 Å². The summed E-state index contributed by atoms with van der Waals surface area (Å²) in [4.78, 5) is 3.92. The minimum atomic E-state index is 0.0141. The summed E-state index contributed by atoms with van der Waals surface area (Å²) < 4.78 is 5.21.